The van der Waals surface area contributed by atoms with Gasteiger partial charge in [-0.05, 0) is 34.9 Å². The SMILES string of the molecule is O=c1[nH]c(CSc2nnnn2C[C@H]2CCCO2)nc2sc(-c3ccccc3)cc12. The Hall–Kier alpha value is -2.56. The second-order valence-corrected chi connectivity index (χ2v) is 8.75. The predicted octanol–water partition coefficient (Wildman–Crippen LogP) is 3.11. The Balaban J connectivity index is 1.35. The number of tetrazole rings is 1. The molecule has 0 saturated carbocycles. The van der Waals surface area contributed by atoms with Crippen molar-refractivity contribution in [3.8, 4) is 10.4 Å². The van der Waals surface area contributed by atoms with Gasteiger partial charge in [-0.2, -0.15) is 0 Å². The molecule has 0 radical (unpaired) electrons. The number of hydrogen-bond acceptors (Lipinski definition) is 8. The molecule has 1 aliphatic rings. The molecule has 0 aliphatic carbocycles. The summed E-state index contributed by atoms with van der Waals surface area (Å²) in [6.45, 7) is 1.44. The van der Waals surface area contributed by atoms with Crippen LogP contribution in [-0.4, -0.2) is 42.9 Å². The van der Waals surface area contributed by atoms with Crippen LogP contribution in [0.4, 0.5) is 0 Å². The van der Waals surface area contributed by atoms with Crippen molar-refractivity contribution in [2.75, 3.05) is 6.61 Å². The van der Waals surface area contributed by atoms with Crippen molar-refractivity contribution < 1.29 is 4.74 Å². The zero-order valence-electron chi connectivity index (χ0n) is 15.4. The summed E-state index contributed by atoms with van der Waals surface area (Å²) >= 11 is 2.98. The monoisotopic (exact) mass is 426 g/mol. The molecule has 1 N–H and O–H groups in total. The van der Waals surface area contributed by atoms with Gasteiger partial charge in [0, 0.05) is 11.5 Å². The minimum absolute atomic E-state index is 0.122. The predicted molar refractivity (Wildman–Crippen MR) is 112 cm³/mol. The van der Waals surface area contributed by atoms with Crippen LogP contribution in [0.25, 0.3) is 20.7 Å². The molecule has 0 amide bonds. The third-order valence-electron chi connectivity index (χ3n) is 4.75. The Labute approximate surface area is 174 Å². The van der Waals surface area contributed by atoms with Gasteiger partial charge in [0.1, 0.15) is 10.7 Å². The number of aromatic amines is 1. The summed E-state index contributed by atoms with van der Waals surface area (Å²) in [5.74, 6) is 1.09. The molecular formula is C19H18N6O2S2. The Morgan fingerprint density at radius 1 is 1.31 bits per heavy atom. The molecule has 10 heteroatoms. The molecule has 1 aliphatic heterocycles. The topological polar surface area (TPSA) is 98.6 Å². The summed E-state index contributed by atoms with van der Waals surface area (Å²) < 4.78 is 7.42. The van der Waals surface area contributed by atoms with Gasteiger partial charge in [-0.15, -0.1) is 16.4 Å². The first-order valence-corrected chi connectivity index (χ1v) is 11.2. The number of rotatable bonds is 6. The van der Waals surface area contributed by atoms with Gasteiger partial charge in [-0.3, -0.25) is 4.79 Å². The third kappa shape index (κ3) is 3.96. The Morgan fingerprint density at radius 2 is 2.21 bits per heavy atom. The van der Waals surface area contributed by atoms with Crippen LogP contribution >= 0.6 is 23.1 Å². The first-order chi connectivity index (χ1) is 14.3. The number of fused-ring (bicyclic) bond motifs is 1. The fraction of sp³-hybridized carbons (Fsp3) is 0.316. The van der Waals surface area contributed by atoms with Crippen molar-refractivity contribution in [2.24, 2.45) is 0 Å². The largest absolute Gasteiger partial charge is 0.376 e. The van der Waals surface area contributed by atoms with Crippen molar-refractivity contribution in [1.82, 2.24) is 30.2 Å². The van der Waals surface area contributed by atoms with E-state index in [9.17, 15) is 4.79 Å². The summed E-state index contributed by atoms with van der Waals surface area (Å²) in [5, 5.41) is 13.2. The molecule has 0 spiro atoms. The van der Waals surface area contributed by atoms with Crippen LogP contribution in [0.3, 0.4) is 0 Å². The Bertz CT molecular complexity index is 1180. The average molecular weight is 427 g/mol. The summed E-state index contributed by atoms with van der Waals surface area (Å²) in [6.07, 6.45) is 2.26. The molecule has 5 rings (SSSR count). The van der Waals surface area contributed by atoms with Gasteiger partial charge in [0.25, 0.3) is 5.56 Å². The van der Waals surface area contributed by atoms with Gasteiger partial charge in [0.2, 0.25) is 5.16 Å². The molecule has 1 atom stereocenters. The maximum Gasteiger partial charge on any atom is 0.259 e. The van der Waals surface area contributed by atoms with Crippen LogP contribution in [0.5, 0.6) is 0 Å². The van der Waals surface area contributed by atoms with Gasteiger partial charge in [-0.1, -0.05) is 42.1 Å². The zero-order valence-corrected chi connectivity index (χ0v) is 17.1. The molecule has 1 aromatic carbocycles. The van der Waals surface area contributed by atoms with E-state index in [1.165, 1.54) is 23.1 Å². The van der Waals surface area contributed by atoms with Gasteiger partial charge >= 0.3 is 0 Å². The van der Waals surface area contributed by atoms with Crippen LogP contribution in [0.15, 0.2) is 46.3 Å². The minimum atomic E-state index is -0.122. The van der Waals surface area contributed by atoms with E-state index in [-0.39, 0.29) is 11.7 Å². The van der Waals surface area contributed by atoms with Crippen LogP contribution in [0.1, 0.15) is 18.7 Å². The molecule has 4 aromatic rings. The second-order valence-electron chi connectivity index (χ2n) is 6.78. The summed E-state index contributed by atoms with van der Waals surface area (Å²) in [7, 11) is 0. The summed E-state index contributed by atoms with van der Waals surface area (Å²) in [4.78, 5) is 21.9. The molecule has 8 nitrogen and oxygen atoms in total. The molecule has 1 saturated heterocycles. The van der Waals surface area contributed by atoms with E-state index in [1.807, 2.05) is 36.4 Å². The lowest BCUT2D eigenvalue weighted by Gasteiger charge is -2.09. The standard InChI is InChI=1S/C19H18N6O2S2/c26-17-14-9-15(12-5-2-1-3-6-12)29-18(14)21-16(20-17)11-28-19-22-23-24-25(19)10-13-7-4-8-27-13/h1-3,5-6,9,13H,4,7-8,10-11H2,(H,20,21,26)/t13-/m1/s1. The molecule has 29 heavy (non-hydrogen) atoms. The van der Waals surface area contributed by atoms with Gasteiger partial charge in [0.15, 0.2) is 0 Å². The Morgan fingerprint density at radius 3 is 3.03 bits per heavy atom. The number of thioether (sulfide) groups is 1. The molecule has 0 unspecified atom stereocenters. The number of benzene rings is 1. The number of nitrogens with zero attached hydrogens (tertiary/aromatic N) is 5. The lowest BCUT2D eigenvalue weighted by Crippen LogP contribution is -2.17. The van der Waals surface area contributed by atoms with Crippen molar-refractivity contribution in [1.29, 1.82) is 0 Å². The van der Waals surface area contributed by atoms with Crippen molar-refractivity contribution in [3.63, 3.8) is 0 Å². The number of nitrogens with one attached hydrogen (secondary N) is 1. The van der Waals surface area contributed by atoms with Crippen LogP contribution in [0.2, 0.25) is 0 Å². The Kier molecular flexibility index (Phi) is 5.13. The summed E-state index contributed by atoms with van der Waals surface area (Å²) in [6, 6.07) is 11.9. The maximum absolute atomic E-state index is 12.5. The lowest BCUT2D eigenvalue weighted by atomic mass is 10.2. The van der Waals surface area contributed by atoms with E-state index in [2.05, 4.69) is 25.5 Å². The molecule has 3 aromatic heterocycles. The lowest BCUT2D eigenvalue weighted by molar-refractivity contribution is 0.0912. The highest BCUT2D eigenvalue weighted by molar-refractivity contribution is 7.98. The van der Waals surface area contributed by atoms with Crippen molar-refractivity contribution >= 4 is 33.3 Å². The molecule has 4 heterocycles. The first kappa shape index (κ1) is 18.5. The molecule has 1 fully saturated rings. The number of H-pyrrole nitrogens is 1. The minimum Gasteiger partial charge on any atom is -0.376 e. The smallest absolute Gasteiger partial charge is 0.259 e. The number of ether oxygens (including phenoxy) is 1. The normalized spacial score (nSPS) is 16.6. The third-order valence-corrected chi connectivity index (χ3v) is 6.79. The van der Waals surface area contributed by atoms with Crippen LogP contribution in [0, 0.1) is 0 Å². The fourth-order valence-electron chi connectivity index (χ4n) is 3.32. The van der Waals surface area contributed by atoms with Gasteiger partial charge in [0.05, 0.1) is 23.8 Å². The maximum atomic E-state index is 12.5. The van der Waals surface area contributed by atoms with Crippen LogP contribution in [-0.2, 0) is 17.0 Å². The highest BCUT2D eigenvalue weighted by atomic mass is 32.2. The average Bonchev–Trinajstić information content (AvgIpc) is 3.49. The highest BCUT2D eigenvalue weighted by Crippen LogP contribution is 2.31. The first-order valence-electron chi connectivity index (χ1n) is 9.35. The van der Waals surface area contributed by atoms with Crippen molar-refractivity contribution in [3.05, 3.63) is 52.6 Å². The van der Waals surface area contributed by atoms with E-state index in [0.717, 1.165) is 34.7 Å². The van der Waals surface area contributed by atoms with Crippen LogP contribution < -0.4 is 5.56 Å². The molecule has 148 valence electrons. The molecular weight excluding hydrogens is 408 g/mol. The zero-order chi connectivity index (χ0) is 19.6. The van der Waals surface area contributed by atoms with E-state index in [0.29, 0.717) is 28.7 Å². The van der Waals surface area contributed by atoms with Gasteiger partial charge < -0.3 is 9.72 Å². The summed E-state index contributed by atoms with van der Waals surface area (Å²) in [5.41, 5.74) is 0.960. The second kappa shape index (κ2) is 8.05. The van der Waals surface area contributed by atoms with E-state index >= 15 is 0 Å². The highest BCUT2D eigenvalue weighted by Gasteiger charge is 2.19. The fourth-order valence-corrected chi connectivity index (χ4v) is 5.13. The quantitative estimate of drug-likeness (QED) is 0.473. The van der Waals surface area contributed by atoms with E-state index < -0.39 is 0 Å². The number of thiophene rings is 1. The van der Waals surface area contributed by atoms with E-state index in [4.69, 9.17) is 4.74 Å². The van der Waals surface area contributed by atoms with Crippen molar-refractivity contribution in [2.45, 2.75) is 36.4 Å². The number of aromatic nitrogens is 6. The number of hydrogen-bond donors (Lipinski definition) is 1. The van der Waals surface area contributed by atoms with Gasteiger partial charge in [-0.25, -0.2) is 9.67 Å². The molecule has 0 bridgehead atoms. The van der Waals surface area contributed by atoms with E-state index in [1.54, 1.807) is 4.68 Å².